The van der Waals surface area contributed by atoms with E-state index in [1.807, 2.05) is 6.08 Å². The van der Waals surface area contributed by atoms with Crippen molar-refractivity contribution in [3.63, 3.8) is 0 Å². The average molecular weight is 383 g/mol. The van der Waals surface area contributed by atoms with Gasteiger partial charge in [0.15, 0.2) is 16.6 Å². The number of hydrogen-bond acceptors (Lipinski definition) is 2. The molecule has 4 heteroatoms. The lowest BCUT2D eigenvalue weighted by molar-refractivity contribution is 0.123. The molecule has 0 saturated heterocycles. The fraction of sp³-hybridized carbons (Fsp3) is 0.810. The van der Waals surface area contributed by atoms with Crippen molar-refractivity contribution in [1.29, 1.82) is 0 Å². The Hall–Kier alpha value is -0.346. The van der Waals surface area contributed by atoms with Crippen LogP contribution in [0.15, 0.2) is 12.7 Å². The van der Waals surface area contributed by atoms with E-state index in [9.17, 15) is 0 Å². The zero-order valence-corrected chi connectivity index (χ0v) is 20.6. The Bertz CT molecular complexity index is 476. The highest BCUT2D eigenvalue weighted by atomic mass is 28.4. The summed E-state index contributed by atoms with van der Waals surface area (Å²) in [4.78, 5) is 0. The molecule has 146 valence electrons. The van der Waals surface area contributed by atoms with Crippen molar-refractivity contribution in [2.75, 3.05) is 6.61 Å². The van der Waals surface area contributed by atoms with Crippen LogP contribution in [0.4, 0.5) is 0 Å². The van der Waals surface area contributed by atoms with Crippen LogP contribution < -0.4 is 0 Å². The minimum atomic E-state index is -1.91. The van der Waals surface area contributed by atoms with Crippen molar-refractivity contribution in [3.05, 3.63) is 12.7 Å². The normalized spacial score (nSPS) is 17.5. The highest BCUT2D eigenvalue weighted by Gasteiger charge is 2.41. The van der Waals surface area contributed by atoms with Crippen LogP contribution in [0.1, 0.15) is 48.5 Å². The molecule has 0 N–H and O–H groups in total. The minimum absolute atomic E-state index is 0.142. The van der Waals surface area contributed by atoms with Crippen LogP contribution in [0, 0.1) is 24.2 Å². The van der Waals surface area contributed by atoms with Crippen LogP contribution in [0.3, 0.4) is 0 Å². The highest BCUT2D eigenvalue weighted by Crippen LogP contribution is 2.40. The van der Waals surface area contributed by atoms with Gasteiger partial charge in [-0.2, -0.15) is 0 Å². The van der Waals surface area contributed by atoms with Crippen molar-refractivity contribution in [2.24, 2.45) is 11.8 Å². The lowest BCUT2D eigenvalue weighted by atomic mass is 9.90. The van der Waals surface area contributed by atoms with Crippen molar-refractivity contribution in [1.82, 2.24) is 0 Å². The molecule has 0 aromatic carbocycles. The molecule has 0 rings (SSSR count). The molecule has 25 heavy (non-hydrogen) atoms. The summed E-state index contributed by atoms with van der Waals surface area (Å²) >= 11 is 0. The molecule has 0 amide bonds. The van der Waals surface area contributed by atoms with Crippen LogP contribution in [-0.2, 0) is 8.85 Å². The maximum atomic E-state index is 6.51. The van der Waals surface area contributed by atoms with Crippen molar-refractivity contribution in [2.45, 2.75) is 90.8 Å². The molecule has 0 aliphatic heterocycles. The molecule has 0 bridgehead atoms. The summed E-state index contributed by atoms with van der Waals surface area (Å²) in [5.41, 5.74) is 0. The molecule has 0 aromatic heterocycles. The number of hydrogen-bond donors (Lipinski definition) is 0. The first-order valence-electron chi connectivity index (χ1n) is 9.40. The van der Waals surface area contributed by atoms with Gasteiger partial charge in [0, 0.05) is 18.4 Å². The van der Waals surface area contributed by atoms with Crippen molar-refractivity contribution in [3.8, 4) is 12.3 Å². The molecule has 0 aliphatic rings. The van der Waals surface area contributed by atoms with Crippen LogP contribution >= 0.6 is 0 Å². The lowest BCUT2D eigenvalue weighted by Crippen LogP contribution is -2.47. The Morgan fingerprint density at radius 3 is 1.76 bits per heavy atom. The fourth-order valence-electron chi connectivity index (χ4n) is 1.97. The molecule has 0 heterocycles. The minimum Gasteiger partial charge on any atom is -0.416 e. The van der Waals surface area contributed by atoms with Gasteiger partial charge in [-0.25, -0.2) is 0 Å². The summed E-state index contributed by atoms with van der Waals surface area (Å²) in [6, 6.07) is 0. The molecule has 0 fully saturated rings. The second-order valence-electron chi connectivity index (χ2n) is 10.3. The molecule has 3 atom stereocenters. The topological polar surface area (TPSA) is 18.5 Å². The largest absolute Gasteiger partial charge is 0.416 e. The van der Waals surface area contributed by atoms with Crippen LogP contribution in [-0.4, -0.2) is 29.3 Å². The second kappa shape index (κ2) is 8.56. The van der Waals surface area contributed by atoms with E-state index in [2.05, 4.69) is 87.2 Å². The number of terminal acetylenes is 1. The molecule has 0 saturated carbocycles. The summed E-state index contributed by atoms with van der Waals surface area (Å²) in [5.74, 6) is 3.27. The summed E-state index contributed by atoms with van der Waals surface area (Å²) in [7, 11) is -3.69. The van der Waals surface area contributed by atoms with Gasteiger partial charge in [-0.15, -0.1) is 13.0 Å². The number of rotatable bonds is 8. The maximum Gasteiger partial charge on any atom is 0.193 e. The van der Waals surface area contributed by atoms with E-state index >= 15 is 0 Å². The van der Waals surface area contributed by atoms with E-state index in [1.54, 1.807) is 0 Å². The van der Waals surface area contributed by atoms with Crippen LogP contribution in [0.25, 0.3) is 0 Å². The highest BCUT2D eigenvalue weighted by molar-refractivity contribution is 6.74. The van der Waals surface area contributed by atoms with E-state index in [0.717, 1.165) is 0 Å². The van der Waals surface area contributed by atoms with Crippen molar-refractivity contribution < 1.29 is 8.85 Å². The smallest absolute Gasteiger partial charge is 0.193 e. The van der Waals surface area contributed by atoms with E-state index in [4.69, 9.17) is 15.3 Å². The van der Waals surface area contributed by atoms with Gasteiger partial charge in [0.1, 0.15) is 6.10 Å². The van der Waals surface area contributed by atoms with Gasteiger partial charge < -0.3 is 8.85 Å². The van der Waals surface area contributed by atoms with Crippen LogP contribution in [0.5, 0.6) is 0 Å². The van der Waals surface area contributed by atoms with Gasteiger partial charge in [-0.05, 0) is 36.3 Å². The Kier molecular flexibility index (Phi) is 8.44. The van der Waals surface area contributed by atoms with E-state index in [1.165, 1.54) is 0 Å². The van der Waals surface area contributed by atoms with Gasteiger partial charge >= 0.3 is 0 Å². The average Bonchev–Trinajstić information content (AvgIpc) is 2.42. The maximum absolute atomic E-state index is 6.51. The first-order valence-corrected chi connectivity index (χ1v) is 15.2. The van der Waals surface area contributed by atoms with Crippen LogP contribution in [0.2, 0.25) is 36.3 Å². The van der Waals surface area contributed by atoms with Gasteiger partial charge in [0.2, 0.25) is 0 Å². The van der Waals surface area contributed by atoms with Gasteiger partial charge in [0.25, 0.3) is 0 Å². The zero-order valence-electron chi connectivity index (χ0n) is 18.6. The van der Waals surface area contributed by atoms with E-state index in [0.29, 0.717) is 6.61 Å². The quantitative estimate of drug-likeness (QED) is 0.272. The summed E-state index contributed by atoms with van der Waals surface area (Å²) in [6.07, 6.45) is 7.63. The Morgan fingerprint density at radius 1 is 1.00 bits per heavy atom. The zero-order chi connectivity index (χ0) is 20.3. The summed E-state index contributed by atoms with van der Waals surface area (Å²) in [5, 5.41) is 0.342. The lowest BCUT2D eigenvalue weighted by Gasteiger charge is -2.41. The second-order valence-corrected chi connectivity index (χ2v) is 19.9. The molecule has 0 aliphatic carbocycles. The SMILES string of the molecule is C#C[C@@H](O[Si](C)(C)C(C)(C)C)[C@@H](C)[C@@H](C=C)CO[Si](C)(C)C(C)(C)C. The fourth-order valence-corrected chi connectivity index (χ4v) is 4.28. The third-order valence-corrected chi connectivity index (χ3v) is 15.2. The molecular formula is C21H42O2Si2. The predicted octanol–water partition coefficient (Wildman–Crippen LogP) is 6.47. The van der Waals surface area contributed by atoms with E-state index in [-0.39, 0.29) is 28.0 Å². The monoisotopic (exact) mass is 382 g/mol. The summed E-state index contributed by atoms with van der Waals surface area (Å²) in [6.45, 7) is 29.4. The molecule has 0 spiro atoms. The van der Waals surface area contributed by atoms with Gasteiger partial charge in [0.05, 0.1) is 0 Å². The Morgan fingerprint density at radius 2 is 1.44 bits per heavy atom. The van der Waals surface area contributed by atoms with Crippen molar-refractivity contribution >= 4 is 16.6 Å². The molecule has 0 unspecified atom stereocenters. The predicted molar refractivity (Wildman–Crippen MR) is 117 cm³/mol. The third kappa shape index (κ3) is 6.71. The molecular weight excluding hydrogens is 340 g/mol. The standard InChI is InChI=1S/C21H42O2Si2/c1-14-18(16-22-24(10,11)20(4,5)6)17(3)19(15-2)23-25(12,13)21(7,8)9/h2,14,17-19H,1,16H2,3-13H3/t17-,18-,19+/m0/s1. The Labute approximate surface area is 160 Å². The van der Waals surface area contributed by atoms with E-state index < -0.39 is 16.6 Å². The molecule has 0 aromatic rings. The third-order valence-electron chi connectivity index (χ3n) is 6.29. The first kappa shape index (κ1) is 24.7. The van der Waals surface area contributed by atoms with Gasteiger partial charge in [-0.1, -0.05) is 60.5 Å². The first-order chi connectivity index (χ1) is 11.0. The molecule has 2 nitrogen and oxygen atoms in total. The molecule has 0 radical (unpaired) electrons. The van der Waals surface area contributed by atoms with Gasteiger partial charge in [-0.3, -0.25) is 0 Å². The Balaban J connectivity index is 5.16. The summed E-state index contributed by atoms with van der Waals surface area (Å²) < 4.78 is 12.9.